The quantitative estimate of drug-likeness (QED) is 0.759. The minimum absolute atomic E-state index is 0.0324. The molecular weight excluding hydrogens is 296 g/mol. The summed E-state index contributed by atoms with van der Waals surface area (Å²) in [5.74, 6) is 0. The average molecular weight is 310 g/mol. The van der Waals surface area contributed by atoms with Gasteiger partial charge in [-0.1, -0.05) is 6.08 Å². The Morgan fingerprint density at radius 1 is 0.708 bits per heavy atom. The predicted molar refractivity (Wildman–Crippen MR) is 98.7 cm³/mol. The van der Waals surface area contributed by atoms with Crippen LogP contribution in [0, 0.1) is 0 Å². The van der Waals surface area contributed by atoms with Gasteiger partial charge in [-0.25, -0.2) is 9.98 Å². The summed E-state index contributed by atoms with van der Waals surface area (Å²) in [7, 11) is 0. The number of aliphatic imine (C=N–C) groups is 3. The van der Waals surface area contributed by atoms with Gasteiger partial charge in [0.2, 0.25) is 0 Å². The largest absolute Gasteiger partial charge is 0.355 e. The minimum Gasteiger partial charge on any atom is -0.355 e. The Balaban J connectivity index is 1.69. The van der Waals surface area contributed by atoms with E-state index in [1.165, 1.54) is 0 Å². The van der Waals surface area contributed by atoms with Crippen LogP contribution in [-0.4, -0.2) is 28.2 Å². The van der Waals surface area contributed by atoms with E-state index in [-0.39, 0.29) is 6.04 Å². The molecule has 4 aliphatic rings. The number of H-pyrrole nitrogens is 1. The van der Waals surface area contributed by atoms with E-state index in [1.807, 2.05) is 60.7 Å². The first-order chi connectivity index (χ1) is 11.8. The van der Waals surface area contributed by atoms with E-state index in [2.05, 4.69) is 32.1 Å². The Morgan fingerprint density at radius 3 is 2.21 bits per heavy atom. The number of aromatic nitrogens is 1. The van der Waals surface area contributed by atoms with E-state index < -0.39 is 0 Å². The van der Waals surface area contributed by atoms with Crippen LogP contribution in [0.3, 0.4) is 0 Å². The van der Waals surface area contributed by atoms with Crippen LogP contribution in [0.5, 0.6) is 0 Å². The van der Waals surface area contributed by atoms with Crippen molar-refractivity contribution in [3.05, 3.63) is 82.8 Å². The number of hydrogen-bond acceptors (Lipinski definition) is 3. The highest BCUT2D eigenvalue weighted by Gasteiger charge is 2.11. The maximum Gasteiger partial charge on any atom is 0.0895 e. The first kappa shape index (κ1) is 13.2. The second-order valence-electron chi connectivity index (χ2n) is 5.96. The molecule has 1 atom stereocenters. The van der Waals surface area contributed by atoms with Crippen molar-refractivity contribution in [2.24, 2.45) is 15.0 Å². The normalized spacial score (nSPS) is 23.2. The van der Waals surface area contributed by atoms with Gasteiger partial charge in [0, 0.05) is 10.7 Å². The van der Waals surface area contributed by atoms with Crippen molar-refractivity contribution in [2.75, 3.05) is 0 Å². The highest BCUT2D eigenvalue weighted by atomic mass is 14.8. The molecule has 1 unspecified atom stereocenters. The Hall–Kier alpha value is -3.27. The molecule has 0 aliphatic carbocycles. The lowest BCUT2D eigenvalue weighted by molar-refractivity contribution is 1.04. The van der Waals surface area contributed by atoms with Crippen LogP contribution in [0.2, 0.25) is 0 Å². The summed E-state index contributed by atoms with van der Waals surface area (Å²) in [6.45, 7) is 0. The second-order valence-corrected chi connectivity index (χ2v) is 5.96. The molecule has 24 heavy (non-hydrogen) atoms. The fourth-order valence-electron chi connectivity index (χ4n) is 3.00. The van der Waals surface area contributed by atoms with E-state index in [0.29, 0.717) is 0 Å². The van der Waals surface area contributed by atoms with Gasteiger partial charge in [-0.3, -0.25) is 4.99 Å². The maximum absolute atomic E-state index is 4.68. The van der Waals surface area contributed by atoms with Crippen LogP contribution >= 0.6 is 0 Å². The Labute approximate surface area is 138 Å². The van der Waals surface area contributed by atoms with E-state index in [0.717, 1.165) is 39.2 Å². The number of fused-ring (bicyclic) bond motifs is 5. The third-order valence-corrected chi connectivity index (χ3v) is 4.10. The summed E-state index contributed by atoms with van der Waals surface area (Å²) in [4.78, 5) is 17.3. The summed E-state index contributed by atoms with van der Waals surface area (Å²) in [5, 5.41) is 2.05. The van der Waals surface area contributed by atoms with Gasteiger partial charge >= 0.3 is 0 Å². The number of allylic oxidation sites excluding steroid dienone is 6. The first-order valence-corrected chi connectivity index (χ1v) is 7.92. The van der Waals surface area contributed by atoms with E-state index in [4.69, 9.17) is 0 Å². The summed E-state index contributed by atoms with van der Waals surface area (Å²) in [6.07, 6.45) is 20.3. The third kappa shape index (κ3) is 2.48. The van der Waals surface area contributed by atoms with Crippen molar-refractivity contribution in [2.45, 2.75) is 6.04 Å². The van der Waals surface area contributed by atoms with Crippen LogP contribution in [0.25, 0.3) is 12.2 Å². The van der Waals surface area contributed by atoms with Gasteiger partial charge < -0.3 is 4.98 Å². The molecule has 0 radical (unpaired) electrons. The van der Waals surface area contributed by atoms with Crippen molar-refractivity contribution in [3.63, 3.8) is 0 Å². The topological polar surface area (TPSA) is 52.9 Å². The number of nitrogens with one attached hydrogen (secondary N) is 1. The van der Waals surface area contributed by atoms with Crippen LogP contribution in [0.15, 0.2) is 87.1 Å². The van der Waals surface area contributed by atoms with Gasteiger partial charge in [-0.05, 0) is 66.8 Å². The van der Waals surface area contributed by atoms with Crippen molar-refractivity contribution in [1.82, 2.24) is 4.98 Å². The zero-order valence-electron chi connectivity index (χ0n) is 12.8. The van der Waals surface area contributed by atoms with Gasteiger partial charge in [0.15, 0.2) is 0 Å². The van der Waals surface area contributed by atoms with Crippen LogP contribution in [0.1, 0.15) is 0 Å². The monoisotopic (exact) mass is 310 g/mol. The van der Waals surface area contributed by atoms with Gasteiger partial charge in [0.25, 0.3) is 0 Å². The molecule has 1 aromatic heterocycles. The molecule has 0 fully saturated rings. The molecule has 1 aromatic rings. The van der Waals surface area contributed by atoms with E-state index >= 15 is 0 Å². The fraction of sp³-hybridized carbons (Fsp3) is 0.0500. The molecule has 4 heteroatoms. The summed E-state index contributed by atoms with van der Waals surface area (Å²) < 4.78 is 0. The molecule has 1 N–H and O–H groups in total. The molecule has 8 bridgehead atoms. The first-order valence-electron chi connectivity index (χ1n) is 7.92. The van der Waals surface area contributed by atoms with E-state index in [1.54, 1.807) is 0 Å². The third-order valence-electron chi connectivity index (χ3n) is 4.10. The van der Waals surface area contributed by atoms with Crippen LogP contribution in [0.4, 0.5) is 0 Å². The molecule has 0 amide bonds. The fourth-order valence-corrected chi connectivity index (χ4v) is 3.00. The Bertz CT molecular complexity index is 1090. The lowest BCUT2D eigenvalue weighted by Crippen LogP contribution is -2.12. The number of nitrogens with zero attached hydrogens (tertiary/aromatic N) is 3. The molecule has 5 heterocycles. The van der Waals surface area contributed by atoms with Crippen molar-refractivity contribution < 1.29 is 0 Å². The number of aromatic amines is 1. The molecule has 0 spiro atoms. The molecule has 0 saturated carbocycles. The van der Waals surface area contributed by atoms with Crippen LogP contribution < -0.4 is 10.7 Å². The van der Waals surface area contributed by atoms with E-state index in [9.17, 15) is 0 Å². The van der Waals surface area contributed by atoms with Crippen molar-refractivity contribution >= 4 is 29.3 Å². The number of rotatable bonds is 0. The van der Waals surface area contributed by atoms with Gasteiger partial charge in [0.1, 0.15) is 0 Å². The van der Waals surface area contributed by atoms with Gasteiger partial charge in [-0.2, -0.15) is 0 Å². The highest BCUT2D eigenvalue weighted by molar-refractivity contribution is 6.20. The lowest BCUT2D eigenvalue weighted by atomic mass is 10.2. The molecule has 114 valence electrons. The maximum atomic E-state index is 4.68. The zero-order chi connectivity index (χ0) is 15.9. The number of hydrogen-bond donors (Lipinski definition) is 1. The molecule has 0 saturated heterocycles. The summed E-state index contributed by atoms with van der Waals surface area (Å²) >= 11 is 0. The van der Waals surface area contributed by atoms with Crippen molar-refractivity contribution in [1.29, 1.82) is 0 Å². The van der Waals surface area contributed by atoms with Gasteiger partial charge in [-0.15, -0.1) is 0 Å². The molecule has 4 aliphatic heterocycles. The minimum atomic E-state index is 0.0324. The predicted octanol–water partition coefficient (Wildman–Crippen LogP) is 1.76. The zero-order valence-corrected chi connectivity index (χ0v) is 12.8. The van der Waals surface area contributed by atoms with Crippen molar-refractivity contribution in [3.8, 4) is 0 Å². The highest BCUT2D eigenvalue weighted by Crippen LogP contribution is 2.17. The van der Waals surface area contributed by atoms with Crippen LogP contribution in [-0.2, 0) is 0 Å². The Kier molecular flexibility index (Phi) is 2.82. The molecule has 0 aromatic carbocycles. The second kappa shape index (κ2) is 5.13. The molecular formula is C20H14N4. The van der Waals surface area contributed by atoms with Gasteiger partial charge in [0.05, 0.1) is 34.6 Å². The molecule has 5 rings (SSSR count). The summed E-state index contributed by atoms with van der Waals surface area (Å²) in [5.41, 5.74) is 4.67. The standard InChI is InChI=1S/C20H14N4/c1-2-14-10-16-5-6-18(23-16)12-20-8-7-19(24-20)11-17-4-3-15(22-17)9-13(1)21-14/h1-13,24H. The average Bonchev–Trinajstić information content (AvgIpc) is 3.32. The smallest absolute Gasteiger partial charge is 0.0895 e. The SMILES string of the molecule is C1=CC2=NC1=CC1=NC(C=C1)C=C1C=CC(=N1)C=c1ccc([nH]1)=C2. The Morgan fingerprint density at radius 2 is 1.42 bits per heavy atom. The molecule has 4 nitrogen and oxygen atoms in total. The summed E-state index contributed by atoms with van der Waals surface area (Å²) in [6, 6.07) is 4.13. The lowest BCUT2D eigenvalue weighted by Gasteiger charge is -1.97.